The Labute approximate surface area is 158 Å². The van der Waals surface area contributed by atoms with Crippen LogP contribution in [0.4, 0.5) is 4.79 Å². The summed E-state index contributed by atoms with van der Waals surface area (Å²) in [5, 5.41) is 12.0. The van der Waals surface area contributed by atoms with Crippen LogP contribution in [0, 0.1) is 5.92 Å². The van der Waals surface area contributed by atoms with Crippen LogP contribution in [-0.2, 0) is 14.9 Å². The van der Waals surface area contributed by atoms with E-state index in [-0.39, 0.29) is 24.8 Å². The van der Waals surface area contributed by atoms with Crippen molar-refractivity contribution >= 4 is 12.0 Å². The van der Waals surface area contributed by atoms with Gasteiger partial charge in [0.05, 0.1) is 5.92 Å². The highest BCUT2D eigenvalue weighted by molar-refractivity contribution is 5.75. The van der Waals surface area contributed by atoms with E-state index in [1.54, 1.807) is 14.0 Å². The molecule has 2 aliphatic heterocycles. The molecule has 2 heterocycles. The number of nitrogens with zero attached hydrogens (tertiary/aromatic N) is 1. The average molecular weight is 378 g/mol. The van der Waals surface area contributed by atoms with Crippen molar-refractivity contribution < 1.29 is 28.9 Å². The van der Waals surface area contributed by atoms with E-state index in [1.807, 2.05) is 18.2 Å². The second-order valence-corrected chi connectivity index (χ2v) is 7.24. The summed E-state index contributed by atoms with van der Waals surface area (Å²) < 4.78 is 16.4. The lowest BCUT2D eigenvalue weighted by Gasteiger charge is -2.38. The Morgan fingerprint density at radius 3 is 2.67 bits per heavy atom. The summed E-state index contributed by atoms with van der Waals surface area (Å²) >= 11 is 0. The number of carboxylic acids is 1. The summed E-state index contributed by atoms with van der Waals surface area (Å²) in [4.78, 5) is 24.9. The molecule has 1 fully saturated rings. The first-order valence-corrected chi connectivity index (χ1v) is 9.11. The largest absolute Gasteiger partial charge is 0.481 e. The molecule has 8 nitrogen and oxygen atoms in total. The van der Waals surface area contributed by atoms with E-state index in [0.717, 1.165) is 29.9 Å². The number of urea groups is 1. The lowest BCUT2D eigenvalue weighted by Crippen LogP contribution is -2.48. The van der Waals surface area contributed by atoms with Crippen LogP contribution in [-0.4, -0.2) is 62.2 Å². The van der Waals surface area contributed by atoms with E-state index in [9.17, 15) is 9.59 Å². The number of nitrogens with one attached hydrogen (secondary N) is 1. The van der Waals surface area contributed by atoms with Gasteiger partial charge in [-0.25, -0.2) is 4.79 Å². The Bertz CT molecular complexity index is 701. The topological polar surface area (TPSA) is 97.3 Å². The van der Waals surface area contributed by atoms with Gasteiger partial charge in [-0.2, -0.15) is 0 Å². The van der Waals surface area contributed by atoms with Crippen LogP contribution in [0.5, 0.6) is 11.5 Å². The van der Waals surface area contributed by atoms with Crippen molar-refractivity contribution in [3.05, 3.63) is 23.8 Å². The monoisotopic (exact) mass is 378 g/mol. The van der Waals surface area contributed by atoms with E-state index in [4.69, 9.17) is 19.3 Å². The van der Waals surface area contributed by atoms with Crippen LogP contribution in [0.3, 0.4) is 0 Å². The molecule has 1 aromatic rings. The van der Waals surface area contributed by atoms with Crippen LogP contribution in [0.1, 0.15) is 25.3 Å². The van der Waals surface area contributed by atoms with Crippen LogP contribution in [0.15, 0.2) is 18.2 Å². The molecule has 148 valence electrons. The van der Waals surface area contributed by atoms with Crippen LogP contribution >= 0.6 is 0 Å². The van der Waals surface area contributed by atoms with Crippen molar-refractivity contribution in [1.29, 1.82) is 0 Å². The Morgan fingerprint density at radius 1 is 1.26 bits per heavy atom. The molecule has 1 unspecified atom stereocenters. The number of aliphatic carboxylic acids is 1. The maximum absolute atomic E-state index is 12.5. The third-order valence-corrected chi connectivity index (χ3v) is 5.33. The lowest BCUT2D eigenvalue weighted by atomic mass is 9.74. The van der Waals surface area contributed by atoms with Gasteiger partial charge in [-0.3, -0.25) is 4.79 Å². The van der Waals surface area contributed by atoms with Gasteiger partial charge in [-0.05, 0) is 30.5 Å². The predicted molar refractivity (Wildman–Crippen MR) is 97.1 cm³/mol. The molecule has 2 N–H and O–H groups in total. The van der Waals surface area contributed by atoms with E-state index >= 15 is 0 Å². The fraction of sp³-hybridized carbons (Fsp3) is 0.579. The SMILES string of the molecule is CC(CN(C)C(=O)NCC1(c2ccc3c(c2)OCO3)CCOCC1)C(=O)O. The quantitative estimate of drug-likeness (QED) is 0.784. The molecule has 3 rings (SSSR count). The van der Waals surface area contributed by atoms with Crippen molar-refractivity contribution in [2.24, 2.45) is 5.92 Å². The molecule has 1 aromatic carbocycles. The number of carbonyl (C=O) groups is 2. The highest BCUT2D eigenvalue weighted by atomic mass is 16.7. The minimum absolute atomic E-state index is 0.154. The van der Waals surface area contributed by atoms with Gasteiger partial charge >= 0.3 is 12.0 Å². The molecule has 0 radical (unpaired) electrons. The summed E-state index contributed by atoms with van der Waals surface area (Å²) in [5.41, 5.74) is 0.825. The number of amides is 2. The van der Waals surface area contributed by atoms with E-state index < -0.39 is 11.9 Å². The molecule has 2 amide bonds. The van der Waals surface area contributed by atoms with E-state index in [1.165, 1.54) is 4.90 Å². The van der Waals surface area contributed by atoms with E-state index in [0.29, 0.717) is 19.8 Å². The van der Waals surface area contributed by atoms with Crippen molar-refractivity contribution in [2.75, 3.05) is 40.1 Å². The normalized spacial score (nSPS) is 18.6. The van der Waals surface area contributed by atoms with Gasteiger partial charge in [0.25, 0.3) is 0 Å². The molecule has 0 aromatic heterocycles. The number of hydrogen-bond donors (Lipinski definition) is 2. The second kappa shape index (κ2) is 8.04. The summed E-state index contributed by atoms with van der Waals surface area (Å²) in [6, 6.07) is 5.61. The Morgan fingerprint density at radius 2 is 1.96 bits per heavy atom. The maximum atomic E-state index is 12.5. The van der Waals surface area contributed by atoms with Crippen molar-refractivity contribution in [1.82, 2.24) is 10.2 Å². The highest BCUT2D eigenvalue weighted by Crippen LogP contribution is 2.40. The first kappa shape index (κ1) is 19.3. The highest BCUT2D eigenvalue weighted by Gasteiger charge is 2.36. The Hall–Kier alpha value is -2.48. The number of carbonyl (C=O) groups excluding carboxylic acids is 1. The van der Waals surface area contributed by atoms with Crippen LogP contribution in [0.2, 0.25) is 0 Å². The maximum Gasteiger partial charge on any atom is 0.317 e. The molecule has 0 aliphatic carbocycles. The number of ether oxygens (including phenoxy) is 3. The zero-order chi connectivity index (χ0) is 19.4. The van der Waals surface area contributed by atoms with Crippen molar-refractivity contribution in [2.45, 2.75) is 25.2 Å². The van der Waals surface area contributed by atoms with Gasteiger partial charge in [0, 0.05) is 38.8 Å². The first-order valence-electron chi connectivity index (χ1n) is 9.11. The molecule has 0 saturated carbocycles. The fourth-order valence-electron chi connectivity index (χ4n) is 3.51. The molecular formula is C19H26N2O6. The number of fused-ring (bicyclic) bond motifs is 1. The summed E-state index contributed by atoms with van der Waals surface area (Å²) in [6.07, 6.45) is 1.56. The van der Waals surface area contributed by atoms with Gasteiger partial charge in [0.15, 0.2) is 11.5 Å². The number of hydrogen-bond acceptors (Lipinski definition) is 5. The Balaban J connectivity index is 1.70. The molecule has 0 bridgehead atoms. The summed E-state index contributed by atoms with van der Waals surface area (Å²) in [7, 11) is 1.60. The zero-order valence-electron chi connectivity index (χ0n) is 15.7. The molecule has 1 saturated heterocycles. The first-order chi connectivity index (χ1) is 12.9. The lowest BCUT2D eigenvalue weighted by molar-refractivity contribution is -0.141. The van der Waals surface area contributed by atoms with Crippen molar-refractivity contribution in [3.8, 4) is 11.5 Å². The number of benzene rings is 1. The van der Waals surface area contributed by atoms with Crippen molar-refractivity contribution in [3.63, 3.8) is 0 Å². The van der Waals surface area contributed by atoms with Gasteiger partial charge < -0.3 is 29.5 Å². The van der Waals surface area contributed by atoms with Gasteiger partial charge in [0.1, 0.15) is 0 Å². The van der Waals surface area contributed by atoms with E-state index in [2.05, 4.69) is 5.32 Å². The molecule has 2 aliphatic rings. The fourth-order valence-corrected chi connectivity index (χ4v) is 3.51. The Kier molecular flexibility index (Phi) is 5.74. The molecular weight excluding hydrogens is 352 g/mol. The molecule has 0 spiro atoms. The standard InChI is InChI=1S/C19H26N2O6/c1-13(17(22)23)10-21(2)18(24)20-11-19(5-7-25-8-6-19)14-3-4-15-16(9-14)27-12-26-15/h3-4,9,13H,5-8,10-12H2,1-2H3,(H,20,24)(H,22,23). The molecule has 1 atom stereocenters. The van der Waals surface area contributed by atoms with Crippen LogP contribution < -0.4 is 14.8 Å². The number of carboxylic acid groups (broad SMARTS) is 1. The average Bonchev–Trinajstić information content (AvgIpc) is 3.14. The summed E-state index contributed by atoms with van der Waals surface area (Å²) in [6.45, 7) is 3.64. The summed E-state index contributed by atoms with van der Waals surface area (Å²) in [5.74, 6) is -0.0907. The minimum Gasteiger partial charge on any atom is -0.481 e. The van der Waals surface area contributed by atoms with Gasteiger partial charge in [-0.1, -0.05) is 13.0 Å². The zero-order valence-corrected chi connectivity index (χ0v) is 15.7. The second-order valence-electron chi connectivity index (χ2n) is 7.24. The predicted octanol–water partition coefficient (Wildman–Crippen LogP) is 1.83. The van der Waals surface area contributed by atoms with Crippen LogP contribution in [0.25, 0.3) is 0 Å². The minimum atomic E-state index is -0.920. The third kappa shape index (κ3) is 4.27. The van der Waals surface area contributed by atoms with Gasteiger partial charge in [0.2, 0.25) is 6.79 Å². The molecule has 8 heteroatoms. The third-order valence-electron chi connectivity index (χ3n) is 5.33. The number of rotatable bonds is 6. The smallest absolute Gasteiger partial charge is 0.317 e. The molecule has 27 heavy (non-hydrogen) atoms. The van der Waals surface area contributed by atoms with Gasteiger partial charge in [-0.15, -0.1) is 0 Å².